The van der Waals surface area contributed by atoms with Gasteiger partial charge in [0, 0.05) is 23.2 Å². The van der Waals surface area contributed by atoms with Crippen molar-refractivity contribution in [2.45, 2.75) is 6.92 Å². The summed E-state index contributed by atoms with van der Waals surface area (Å²) in [5, 5.41) is 15.0. The Bertz CT molecular complexity index is 1020. The van der Waals surface area contributed by atoms with Gasteiger partial charge in [0.1, 0.15) is 10.9 Å². The van der Waals surface area contributed by atoms with Gasteiger partial charge >= 0.3 is 5.97 Å². The number of ether oxygens (including phenoxy) is 2. The lowest BCUT2D eigenvalue weighted by molar-refractivity contribution is -0.384. The number of anilines is 2. The van der Waals surface area contributed by atoms with E-state index < -0.39 is 10.9 Å². The van der Waals surface area contributed by atoms with Gasteiger partial charge in [-0.1, -0.05) is 11.6 Å². The van der Waals surface area contributed by atoms with E-state index in [0.717, 1.165) is 0 Å². The number of nitro benzene ring substituents is 1. The molecule has 9 heteroatoms. The molecule has 0 spiro atoms. The Balaban J connectivity index is 1.88. The van der Waals surface area contributed by atoms with Crippen LogP contribution < -0.4 is 10.1 Å². The highest BCUT2D eigenvalue weighted by atomic mass is 35.5. The minimum absolute atomic E-state index is 0.00202. The predicted octanol–water partition coefficient (Wildman–Crippen LogP) is 4.48. The Hall–Kier alpha value is -3.39. The largest absolute Gasteiger partial charge is 0.482 e. The number of carbonyl (C=O) groups excluding carboxylic acids is 1. The van der Waals surface area contributed by atoms with Crippen molar-refractivity contribution in [1.29, 1.82) is 0 Å². The van der Waals surface area contributed by atoms with Crippen LogP contribution in [0.25, 0.3) is 10.9 Å². The molecule has 0 bridgehead atoms. The quantitative estimate of drug-likeness (QED) is 0.269. The molecule has 0 unspecified atom stereocenters. The Morgan fingerprint density at radius 3 is 2.64 bits per heavy atom. The lowest BCUT2D eigenvalue weighted by atomic mass is 10.1. The molecule has 3 rings (SSSR count). The molecule has 0 aliphatic rings. The average molecular weight is 402 g/mol. The molecule has 2 aromatic carbocycles. The van der Waals surface area contributed by atoms with E-state index >= 15 is 0 Å². The van der Waals surface area contributed by atoms with Crippen LogP contribution in [0.4, 0.5) is 17.1 Å². The third-order valence-electron chi connectivity index (χ3n) is 3.77. The molecule has 0 aliphatic carbocycles. The number of aromatic nitrogens is 1. The molecule has 1 aromatic heterocycles. The van der Waals surface area contributed by atoms with Crippen LogP contribution in [0.15, 0.2) is 48.5 Å². The summed E-state index contributed by atoms with van der Waals surface area (Å²) < 4.78 is 10.3. The molecular formula is C19H16ClN3O5. The molecule has 0 aliphatic heterocycles. The van der Waals surface area contributed by atoms with Gasteiger partial charge in [-0.15, -0.1) is 0 Å². The van der Waals surface area contributed by atoms with Crippen molar-refractivity contribution in [3.05, 3.63) is 63.8 Å². The molecular weight excluding hydrogens is 386 g/mol. The van der Waals surface area contributed by atoms with Crippen LogP contribution in [0.1, 0.15) is 6.92 Å². The summed E-state index contributed by atoms with van der Waals surface area (Å²) in [4.78, 5) is 26.1. The zero-order valence-corrected chi connectivity index (χ0v) is 15.6. The number of benzene rings is 2. The number of rotatable bonds is 7. The second kappa shape index (κ2) is 8.53. The van der Waals surface area contributed by atoms with Crippen molar-refractivity contribution in [1.82, 2.24) is 4.98 Å². The first kappa shape index (κ1) is 19.4. The van der Waals surface area contributed by atoms with Gasteiger partial charge in [0.15, 0.2) is 6.61 Å². The van der Waals surface area contributed by atoms with E-state index in [0.29, 0.717) is 28.0 Å². The Labute approximate surface area is 165 Å². The van der Waals surface area contributed by atoms with Gasteiger partial charge in [0.05, 0.1) is 22.7 Å². The van der Waals surface area contributed by atoms with Gasteiger partial charge < -0.3 is 14.8 Å². The highest BCUT2D eigenvalue weighted by Crippen LogP contribution is 2.31. The molecule has 0 fully saturated rings. The molecule has 0 atom stereocenters. The maximum atomic E-state index is 11.5. The molecule has 1 heterocycles. The molecule has 0 radical (unpaired) electrons. The summed E-state index contributed by atoms with van der Waals surface area (Å²) >= 11 is 6.10. The summed E-state index contributed by atoms with van der Waals surface area (Å²) in [5.41, 5.74) is 1.91. The van der Waals surface area contributed by atoms with Crippen molar-refractivity contribution in [3.63, 3.8) is 0 Å². The zero-order valence-electron chi connectivity index (χ0n) is 14.8. The van der Waals surface area contributed by atoms with Crippen molar-refractivity contribution < 1.29 is 19.2 Å². The standard InChI is InChI=1S/C19H16ClN3O5/c1-2-27-19(24)11-28-14-7-8-16-15(9-14)17(10-18(20)22-16)21-12-3-5-13(6-4-12)23(25)26/h3-10H,2,11H2,1H3,(H,21,22). The fraction of sp³-hybridized carbons (Fsp3) is 0.158. The first-order valence-corrected chi connectivity index (χ1v) is 8.74. The Morgan fingerprint density at radius 2 is 1.96 bits per heavy atom. The van der Waals surface area contributed by atoms with E-state index in [1.165, 1.54) is 12.1 Å². The van der Waals surface area contributed by atoms with E-state index in [2.05, 4.69) is 10.3 Å². The van der Waals surface area contributed by atoms with E-state index in [9.17, 15) is 14.9 Å². The molecule has 8 nitrogen and oxygen atoms in total. The highest BCUT2D eigenvalue weighted by molar-refractivity contribution is 6.30. The van der Waals surface area contributed by atoms with Gasteiger partial charge in [-0.05, 0) is 43.3 Å². The molecule has 3 aromatic rings. The summed E-state index contributed by atoms with van der Waals surface area (Å²) in [6.45, 7) is 1.80. The molecule has 1 N–H and O–H groups in total. The number of nitro groups is 1. The van der Waals surface area contributed by atoms with Gasteiger partial charge in [0.25, 0.3) is 5.69 Å². The van der Waals surface area contributed by atoms with Crippen LogP contribution in [0.2, 0.25) is 5.15 Å². The zero-order chi connectivity index (χ0) is 20.1. The maximum Gasteiger partial charge on any atom is 0.344 e. The first-order chi connectivity index (χ1) is 13.5. The smallest absolute Gasteiger partial charge is 0.344 e. The summed E-state index contributed by atoms with van der Waals surface area (Å²) in [6.07, 6.45) is 0. The van der Waals surface area contributed by atoms with Crippen LogP contribution in [-0.2, 0) is 9.53 Å². The molecule has 144 valence electrons. The topological polar surface area (TPSA) is 104 Å². The van der Waals surface area contributed by atoms with Crippen LogP contribution in [-0.4, -0.2) is 29.1 Å². The molecule has 28 heavy (non-hydrogen) atoms. The monoisotopic (exact) mass is 401 g/mol. The molecule has 0 saturated carbocycles. The maximum absolute atomic E-state index is 11.5. The third-order valence-corrected chi connectivity index (χ3v) is 3.96. The highest BCUT2D eigenvalue weighted by Gasteiger charge is 2.10. The van der Waals surface area contributed by atoms with Gasteiger partial charge in [-0.2, -0.15) is 0 Å². The number of halogens is 1. The number of pyridine rings is 1. The lowest BCUT2D eigenvalue weighted by Crippen LogP contribution is -2.14. The number of esters is 1. The minimum Gasteiger partial charge on any atom is -0.482 e. The molecule has 0 amide bonds. The summed E-state index contributed by atoms with van der Waals surface area (Å²) in [5.74, 6) is 0.0116. The van der Waals surface area contributed by atoms with Crippen LogP contribution >= 0.6 is 11.6 Å². The van der Waals surface area contributed by atoms with Crippen molar-refractivity contribution in [3.8, 4) is 5.75 Å². The summed E-state index contributed by atoms with van der Waals surface area (Å²) in [6, 6.07) is 12.8. The number of carbonyl (C=O) groups is 1. The predicted molar refractivity (Wildman–Crippen MR) is 105 cm³/mol. The van der Waals surface area contributed by atoms with Gasteiger partial charge in [-0.3, -0.25) is 10.1 Å². The van der Waals surface area contributed by atoms with Crippen molar-refractivity contribution >= 4 is 45.5 Å². The second-order valence-corrected chi connectivity index (χ2v) is 6.08. The number of nitrogens with zero attached hydrogens (tertiary/aromatic N) is 2. The van der Waals surface area contributed by atoms with Crippen LogP contribution in [0.5, 0.6) is 5.75 Å². The number of non-ortho nitro benzene ring substituents is 1. The van der Waals surface area contributed by atoms with Crippen LogP contribution in [0.3, 0.4) is 0 Å². The van der Waals surface area contributed by atoms with Crippen molar-refractivity contribution in [2.24, 2.45) is 0 Å². The SMILES string of the molecule is CCOC(=O)COc1ccc2nc(Cl)cc(Nc3ccc([N+](=O)[O-])cc3)c2c1. The van der Waals surface area contributed by atoms with Crippen molar-refractivity contribution in [2.75, 3.05) is 18.5 Å². The third kappa shape index (κ3) is 4.66. The average Bonchev–Trinajstić information content (AvgIpc) is 2.67. The number of hydrogen-bond donors (Lipinski definition) is 1. The fourth-order valence-corrected chi connectivity index (χ4v) is 2.73. The number of hydrogen-bond acceptors (Lipinski definition) is 7. The number of fused-ring (bicyclic) bond motifs is 1. The molecule has 0 saturated heterocycles. The van der Waals surface area contributed by atoms with Gasteiger partial charge in [0.2, 0.25) is 0 Å². The lowest BCUT2D eigenvalue weighted by Gasteiger charge is -2.12. The summed E-state index contributed by atoms with van der Waals surface area (Å²) in [7, 11) is 0. The first-order valence-electron chi connectivity index (χ1n) is 8.36. The van der Waals surface area contributed by atoms with E-state index in [-0.39, 0.29) is 24.1 Å². The fourth-order valence-electron chi connectivity index (χ4n) is 2.53. The Morgan fingerprint density at radius 1 is 1.21 bits per heavy atom. The minimum atomic E-state index is -0.463. The number of nitrogens with one attached hydrogen (secondary N) is 1. The van der Waals surface area contributed by atoms with Crippen LogP contribution in [0, 0.1) is 10.1 Å². The van der Waals surface area contributed by atoms with E-state index in [1.54, 1.807) is 43.3 Å². The normalized spacial score (nSPS) is 10.5. The van der Waals surface area contributed by atoms with E-state index in [1.807, 2.05) is 0 Å². The van der Waals surface area contributed by atoms with E-state index in [4.69, 9.17) is 21.1 Å². The second-order valence-electron chi connectivity index (χ2n) is 5.69. The van der Waals surface area contributed by atoms with Gasteiger partial charge in [-0.25, -0.2) is 9.78 Å². The Kier molecular flexibility index (Phi) is 5.90.